The third kappa shape index (κ3) is 4.81. The molecule has 0 fully saturated rings. The van der Waals surface area contributed by atoms with Crippen molar-refractivity contribution in [2.75, 3.05) is 13.2 Å². The third-order valence-electron chi connectivity index (χ3n) is 6.70. The number of carbonyl (C=O) groups is 1. The molecule has 2 aromatic carbocycles. The van der Waals surface area contributed by atoms with Gasteiger partial charge in [0.05, 0.1) is 18.7 Å². The fourth-order valence-corrected chi connectivity index (χ4v) is 5.01. The summed E-state index contributed by atoms with van der Waals surface area (Å²) in [5, 5.41) is 1.78. The molecule has 0 saturated carbocycles. The summed E-state index contributed by atoms with van der Waals surface area (Å²) in [4.78, 5) is 20.7. The Morgan fingerprint density at radius 1 is 1.08 bits per heavy atom. The van der Waals surface area contributed by atoms with Gasteiger partial charge in [-0.1, -0.05) is 29.8 Å². The normalized spacial score (nSPS) is 11.4. The lowest BCUT2D eigenvalue weighted by molar-refractivity contribution is 0.0519. The van der Waals surface area contributed by atoms with Gasteiger partial charge in [-0.2, -0.15) is 0 Å². The van der Waals surface area contributed by atoms with Crippen LogP contribution in [0.25, 0.3) is 27.7 Å². The molecule has 0 radical (unpaired) electrons. The van der Waals surface area contributed by atoms with Gasteiger partial charge >= 0.3 is 5.97 Å². The molecule has 1 N–H and O–H groups in total. The molecule has 3 heterocycles. The molecular weight excluding hydrogens is 486 g/mol. The number of aromatic nitrogens is 3. The van der Waals surface area contributed by atoms with E-state index in [1.165, 1.54) is 0 Å². The summed E-state index contributed by atoms with van der Waals surface area (Å²) in [6.07, 6.45) is 7.22. The Morgan fingerprint density at radius 3 is 2.62 bits per heavy atom. The van der Waals surface area contributed by atoms with Gasteiger partial charge in [0.2, 0.25) is 0 Å². The number of para-hydroxylation sites is 1. The van der Waals surface area contributed by atoms with Gasteiger partial charge in [0.15, 0.2) is 0 Å². The molecule has 0 aliphatic rings. The summed E-state index contributed by atoms with van der Waals surface area (Å²) in [5.74, 6) is 0.461. The van der Waals surface area contributed by atoms with Crippen LogP contribution in [0.2, 0.25) is 5.02 Å². The molecule has 0 aliphatic carbocycles. The zero-order valence-corrected chi connectivity index (χ0v) is 22.3. The SMILES string of the molecule is CCOC(=O)c1[nH]c2c(-c3cn4ccnc4cc3C)cccc2c1CCCOc1cc(C)c(Cl)c(C)c1. The number of halogens is 1. The maximum atomic E-state index is 12.9. The number of pyridine rings is 1. The van der Waals surface area contributed by atoms with Crippen LogP contribution in [0.3, 0.4) is 0 Å². The minimum absolute atomic E-state index is 0.315. The summed E-state index contributed by atoms with van der Waals surface area (Å²) < 4.78 is 13.4. The van der Waals surface area contributed by atoms with Crippen LogP contribution in [0.4, 0.5) is 0 Å². The van der Waals surface area contributed by atoms with E-state index in [9.17, 15) is 4.79 Å². The first kappa shape index (κ1) is 24.9. The van der Waals surface area contributed by atoms with Crippen molar-refractivity contribution < 1.29 is 14.3 Å². The maximum Gasteiger partial charge on any atom is 0.355 e. The molecule has 37 heavy (non-hydrogen) atoms. The lowest BCUT2D eigenvalue weighted by Gasteiger charge is -2.11. The van der Waals surface area contributed by atoms with Gasteiger partial charge < -0.3 is 18.9 Å². The van der Waals surface area contributed by atoms with Crippen LogP contribution in [0.1, 0.15) is 46.1 Å². The number of aromatic amines is 1. The quantitative estimate of drug-likeness (QED) is 0.174. The number of esters is 1. The molecule has 0 amide bonds. The predicted octanol–water partition coefficient (Wildman–Crippen LogP) is 7.25. The Kier molecular flexibility index (Phi) is 6.94. The fourth-order valence-electron chi connectivity index (χ4n) is 4.90. The van der Waals surface area contributed by atoms with Gasteiger partial charge in [-0.05, 0) is 81.0 Å². The zero-order chi connectivity index (χ0) is 26.1. The van der Waals surface area contributed by atoms with Crippen molar-refractivity contribution in [3.8, 4) is 16.9 Å². The van der Waals surface area contributed by atoms with E-state index in [1.807, 2.05) is 49.6 Å². The number of carbonyl (C=O) groups excluding carboxylic acids is 1. The molecule has 0 aliphatic heterocycles. The summed E-state index contributed by atoms with van der Waals surface area (Å²) in [5.41, 5.74) is 8.49. The Bertz CT molecular complexity index is 1590. The first-order valence-electron chi connectivity index (χ1n) is 12.5. The lowest BCUT2D eigenvalue weighted by atomic mass is 9.98. The van der Waals surface area contributed by atoms with Crippen LogP contribution in [0.5, 0.6) is 5.75 Å². The second kappa shape index (κ2) is 10.3. The summed E-state index contributed by atoms with van der Waals surface area (Å²) in [6, 6.07) is 12.2. The van der Waals surface area contributed by atoms with Crippen molar-refractivity contribution in [3.05, 3.63) is 88.0 Å². The molecule has 5 rings (SSSR count). The molecular formula is C30H30ClN3O3. The number of nitrogens with zero attached hydrogens (tertiary/aromatic N) is 2. The van der Waals surface area contributed by atoms with Gasteiger partial charge in [0.25, 0.3) is 0 Å². The third-order valence-corrected chi connectivity index (χ3v) is 7.29. The minimum atomic E-state index is -0.341. The number of aryl methyl sites for hydroxylation is 4. The molecule has 190 valence electrons. The van der Waals surface area contributed by atoms with Crippen molar-refractivity contribution in [2.45, 2.75) is 40.5 Å². The second-order valence-electron chi connectivity index (χ2n) is 9.31. The molecule has 0 saturated heterocycles. The summed E-state index contributed by atoms with van der Waals surface area (Å²) >= 11 is 6.29. The smallest absolute Gasteiger partial charge is 0.355 e. The van der Waals surface area contributed by atoms with Crippen molar-refractivity contribution in [2.24, 2.45) is 0 Å². The van der Waals surface area contributed by atoms with E-state index in [0.29, 0.717) is 25.3 Å². The highest BCUT2D eigenvalue weighted by atomic mass is 35.5. The number of benzene rings is 2. The van der Waals surface area contributed by atoms with Crippen molar-refractivity contribution in [1.29, 1.82) is 0 Å². The van der Waals surface area contributed by atoms with E-state index in [1.54, 1.807) is 6.20 Å². The Morgan fingerprint density at radius 2 is 1.86 bits per heavy atom. The maximum absolute atomic E-state index is 12.9. The number of imidazole rings is 1. The first-order valence-corrected chi connectivity index (χ1v) is 12.9. The van der Waals surface area contributed by atoms with Crippen LogP contribution in [-0.4, -0.2) is 33.6 Å². The van der Waals surface area contributed by atoms with Crippen LogP contribution < -0.4 is 4.74 Å². The summed E-state index contributed by atoms with van der Waals surface area (Å²) in [6.45, 7) is 8.68. The van der Waals surface area contributed by atoms with Crippen molar-refractivity contribution in [3.63, 3.8) is 0 Å². The largest absolute Gasteiger partial charge is 0.494 e. The van der Waals surface area contributed by atoms with Crippen LogP contribution in [-0.2, 0) is 11.2 Å². The Labute approximate surface area is 221 Å². The number of rotatable bonds is 8. The monoisotopic (exact) mass is 515 g/mol. The fraction of sp³-hybridized carbons (Fsp3) is 0.267. The topological polar surface area (TPSA) is 68.6 Å². The minimum Gasteiger partial charge on any atom is -0.494 e. The lowest BCUT2D eigenvalue weighted by Crippen LogP contribution is -2.09. The molecule has 6 nitrogen and oxygen atoms in total. The summed E-state index contributed by atoms with van der Waals surface area (Å²) in [7, 11) is 0. The Balaban J connectivity index is 1.47. The average Bonchev–Trinajstić information content (AvgIpc) is 3.48. The number of fused-ring (bicyclic) bond motifs is 2. The van der Waals surface area contributed by atoms with E-state index < -0.39 is 0 Å². The number of H-pyrrole nitrogens is 1. The highest BCUT2D eigenvalue weighted by molar-refractivity contribution is 6.32. The molecule has 0 spiro atoms. The molecule has 5 aromatic rings. The number of hydrogen-bond acceptors (Lipinski definition) is 4. The van der Waals surface area contributed by atoms with Crippen molar-refractivity contribution in [1.82, 2.24) is 14.4 Å². The number of ether oxygens (including phenoxy) is 2. The van der Waals surface area contributed by atoms with Gasteiger partial charge in [0, 0.05) is 40.1 Å². The van der Waals surface area contributed by atoms with Crippen LogP contribution in [0.15, 0.2) is 55.0 Å². The standard InChI is InChI=1S/C30H30ClN3O3/c1-5-36-30(35)29-23(10-7-13-37-21-14-19(3)27(31)20(4)15-21)22-8-6-9-24(28(22)33-29)25-17-34-12-11-32-26(34)16-18(25)2/h6,8-9,11-12,14-17,33H,5,7,10,13H2,1-4H3. The molecule has 7 heteroatoms. The molecule has 0 bridgehead atoms. The number of hydrogen-bond donors (Lipinski definition) is 1. The van der Waals surface area contributed by atoms with E-state index in [0.717, 1.165) is 67.1 Å². The van der Waals surface area contributed by atoms with Crippen LogP contribution in [0, 0.1) is 20.8 Å². The van der Waals surface area contributed by atoms with E-state index in [-0.39, 0.29) is 5.97 Å². The molecule has 3 aromatic heterocycles. The van der Waals surface area contributed by atoms with Gasteiger partial charge in [-0.15, -0.1) is 0 Å². The predicted molar refractivity (Wildman–Crippen MR) is 148 cm³/mol. The van der Waals surface area contributed by atoms with Crippen LogP contribution >= 0.6 is 11.6 Å². The van der Waals surface area contributed by atoms with Gasteiger partial charge in [-0.25, -0.2) is 9.78 Å². The highest BCUT2D eigenvalue weighted by Crippen LogP contribution is 2.35. The second-order valence-corrected chi connectivity index (χ2v) is 9.69. The average molecular weight is 516 g/mol. The zero-order valence-electron chi connectivity index (χ0n) is 21.5. The van der Waals surface area contributed by atoms with Gasteiger partial charge in [-0.3, -0.25) is 0 Å². The van der Waals surface area contributed by atoms with E-state index in [4.69, 9.17) is 21.1 Å². The molecule has 0 atom stereocenters. The van der Waals surface area contributed by atoms with E-state index in [2.05, 4.69) is 41.3 Å². The first-order chi connectivity index (χ1) is 17.9. The Hall–Kier alpha value is -3.77. The van der Waals surface area contributed by atoms with Gasteiger partial charge in [0.1, 0.15) is 17.1 Å². The number of nitrogens with one attached hydrogen (secondary N) is 1. The highest BCUT2D eigenvalue weighted by Gasteiger charge is 2.21. The van der Waals surface area contributed by atoms with Crippen molar-refractivity contribution >= 4 is 34.1 Å². The molecule has 0 unspecified atom stereocenters. The van der Waals surface area contributed by atoms with E-state index >= 15 is 0 Å².